The van der Waals surface area contributed by atoms with Crippen molar-refractivity contribution in [2.24, 2.45) is 7.05 Å². The van der Waals surface area contributed by atoms with Crippen molar-refractivity contribution in [2.45, 2.75) is 37.7 Å². The van der Waals surface area contributed by atoms with E-state index in [1.165, 1.54) is 9.13 Å². The van der Waals surface area contributed by atoms with Crippen LogP contribution in [0.5, 0.6) is 0 Å². The zero-order chi connectivity index (χ0) is 29.0. The van der Waals surface area contributed by atoms with Gasteiger partial charge >= 0.3 is 11.9 Å². The van der Waals surface area contributed by atoms with Gasteiger partial charge in [-0.3, -0.25) is 14.1 Å². The predicted octanol–water partition coefficient (Wildman–Crippen LogP) is 3.32. The molecule has 196 valence electrons. The molecule has 6 radical (unpaired) electrons. The van der Waals surface area contributed by atoms with E-state index >= 15 is 0 Å². The lowest BCUT2D eigenvalue weighted by Gasteiger charge is -2.25. The summed E-state index contributed by atoms with van der Waals surface area (Å²) < 4.78 is 43.8. The summed E-state index contributed by atoms with van der Waals surface area (Å²) in [5.74, 6) is 0.432. The van der Waals surface area contributed by atoms with Gasteiger partial charge in [-0.1, -0.05) is 43.3 Å². The lowest BCUT2D eigenvalue weighted by Crippen LogP contribution is -2.35. The smallest absolute Gasteiger partial charge is 0.350 e. The number of nitrogens with zero attached hydrogens (tertiary/aromatic N) is 7. The zero-order valence-electron chi connectivity index (χ0n) is 21.9. The van der Waals surface area contributed by atoms with Crippen LogP contribution in [0.2, 0.25) is 0 Å². The summed E-state index contributed by atoms with van der Waals surface area (Å²) >= 11 is 0. The molecule has 0 unspecified atom stereocenters. The van der Waals surface area contributed by atoms with Gasteiger partial charge in [0.25, 0.3) is 0 Å². The summed E-state index contributed by atoms with van der Waals surface area (Å²) in [6.45, 7) is 4.20. The summed E-state index contributed by atoms with van der Waals surface area (Å²) in [7, 11) is 18.7. The number of hydrogen-bond acceptors (Lipinski definition) is 5. The third kappa shape index (κ3) is 4.98. The second-order valence-electron chi connectivity index (χ2n) is 9.82. The van der Waals surface area contributed by atoms with Crippen molar-refractivity contribution >= 4 is 34.7 Å². The minimum absolute atomic E-state index is 0.137. The fraction of sp³-hybridized carbons (Fsp3) is 0.269. The molecule has 0 spiro atoms. The number of alkyl halides is 3. The number of hydrogen-bond donors (Lipinski definition) is 0. The third-order valence-corrected chi connectivity index (χ3v) is 6.48. The maximum Gasteiger partial charge on any atom is 0.434 e. The molecule has 5 rings (SSSR count). The maximum atomic E-state index is 13.3. The highest BCUT2D eigenvalue weighted by Gasteiger charge is 2.36. The van der Waals surface area contributed by atoms with E-state index in [9.17, 15) is 18.0 Å². The Kier molecular flexibility index (Phi) is 6.75. The molecule has 0 aliphatic carbocycles. The van der Waals surface area contributed by atoms with Gasteiger partial charge in [0.1, 0.15) is 11.3 Å². The molecule has 0 saturated carbocycles. The summed E-state index contributed by atoms with van der Waals surface area (Å²) in [5, 5.41) is -2.11. The van der Waals surface area contributed by atoms with E-state index in [1.807, 2.05) is 19.9 Å². The van der Waals surface area contributed by atoms with Crippen molar-refractivity contribution in [3.05, 3.63) is 82.4 Å². The zero-order valence-corrected chi connectivity index (χ0v) is 21.9. The van der Waals surface area contributed by atoms with Crippen molar-refractivity contribution in [1.29, 1.82) is 0 Å². The van der Waals surface area contributed by atoms with E-state index < -0.39 is 17.1 Å². The summed E-state index contributed by atoms with van der Waals surface area (Å²) in [6, 6.07) is 10.1. The Bertz CT molecular complexity index is 1770. The predicted molar refractivity (Wildman–Crippen MR) is 147 cm³/mol. The molecule has 0 atom stereocenters. The van der Waals surface area contributed by atoms with Gasteiger partial charge in [0.2, 0.25) is 0 Å². The Morgan fingerprint density at radius 2 is 1.70 bits per heavy atom. The molecule has 8 nitrogen and oxygen atoms in total. The molecule has 14 heteroatoms. The molecule has 4 aromatic heterocycles. The van der Waals surface area contributed by atoms with Crippen molar-refractivity contribution in [2.75, 3.05) is 0 Å². The molecular weight excluding hydrogens is 516 g/mol. The molecule has 0 aliphatic heterocycles. The Labute approximate surface area is 231 Å². The van der Waals surface area contributed by atoms with Gasteiger partial charge in [-0.15, -0.1) is 0 Å². The second-order valence-corrected chi connectivity index (χ2v) is 9.82. The fourth-order valence-electron chi connectivity index (χ4n) is 4.47. The number of aromatic nitrogens is 7. The van der Waals surface area contributed by atoms with Gasteiger partial charge in [0.05, 0.1) is 42.0 Å². The van der Waals surface area contributed by atoms with Crippen LogP contribution >= 0.6 is 0 Å². The summed E-state index contributed by atoms with van der Waals surface area (Å²) in [6.07, 6.45) is -0.729. The van der Waals surface area contributed by atoms with Crippen LogP contribution in [0.1, 0.15) is 36.7 Å². The van der Waals surface area contributed by atoms with Crippen LogP contribution in [0.15, 0.2) is 59.8 Å². The average molecular weight is 537 g/mol. The Hall–Kier alpha value is -4.09. The number of benzene rings is 1. The Morgan fingerprint density at radius 3 is 2.33 bits per heavy atom. The van der Waals surface area contributed by atoms with Gasteiger partial charge in [0.15, 0.2) is 17.2 Å². The first-order valence-corrected chi connectivity index (χ1v) is 12.3. The number of halogens is 3. The van der Waals surface area contributed by atoms with E-state index in [0.29, 0.717) is 34.3 Å². The van der Waals surface area contributed by atoms with Crippen LogP contribution in [-0.4, -0.2) is 57.2 Å². The normalized spacial score (nSPS) is 12.5. The minimum Gasteiger partial charge on any atom is -0.350 e. The molecule has 40 heavy (non-hydrogen) atoms. The first kappa shape index (κ1) is 27.5. The summed E-state index contributed by atoms with van der Waals surface area (Å²) in [5.41, 5.74) is 2.11. The summed E-state index contributed by atoms with van der Waals surface area (Å²) in [4.78, 5) is 30.5. The van der Waals surface area contributed by atoms with E-state index in [1.54, 1.807) is 49.8 Å². The van der Waals surface area contributed by atoms with E-state index in [-0.39, 0.29) is 24.0 Å². The van der Waals surface area contributed by atoms with Crippen molar-refractivity contribution in [1.82, 2.24) is 33.6 Å². The molecular formula is C26H21B3F3N7O. The standard InChI is InChI=1S/C26H21B3F3N7O/c1-14(2)20-17(5-4-10-33-20)21-34-11-18-23(36-21)38(24(40)37(18)3)12-15-6-8-16(9-7-15)22-35-19(25(30,31)32)13-39(22)26(27,28)29/h4-11,13-14H,12H2,1-3H3. The van der Waals surface area contributed by atoms with Crippen LogP contribution in [0, 0.1) is 0 Å². The van der Waals surface area contributed by atoms with Crippen LogP contribution in [-0.2, 0) is 25.0 Å². The van der Waals surface area contributed by atoms with Crippen molar-refractivity contribution < 1.29 is 13.2 Å². The first-order valence-electron chi connectivity index (χ1n) is 12.3. The fourth-order valence-corrected chi connectivity index (χ4v) is 4.47. The van der Waals surface area contributed by atoms with Crippen LogP contribution < -0.4 is 5.69 Å². The highest BCUT2D eigenvalue weighted by Crippen LogP contribution is 2.32. The van der Waals surface area contributed by atoms with Gasteiger partial charge in [-0.05, 0) is 23.6 Å². The number of aryl methyl sites for hydroxylation is 1. The largest absolute Gasteiger partial charge is 0.434 e. The quantitative estimate of drug-likeness (QED) is 0.311. The van der Waals surface area contributed by atoms with Crippen molar-refractivity contribution in [3.63, 3.8) is 0 Å². The molecule has 0 N–H and O–H groups in total. The highest BCUT2D eigenvalue weighted by molar-refractivity contribution is 6.56. The molecule has 0 fully saturated rings. The lowest BCUT2D eigenvalue weighted by atomic mass is 9.49. The van der Waals surface area contributed by atoms with Crippen LogP contribution in [0.3, 0.4) is 0 Å². The average Bonchev–Trinajstić information content (AvgIpc) is 3.46. The Balaban J connectivity index is 1.53. The highest BCUT2D eigenvalue weighted by atomic mass is 19.4. The van der Waals surface area contributed by atoms with E-state index in [2.05, 4.69) is 15.0 Å². The van der Waals surface area contributed by atoms with Gasteiger partial charge in [-0.25, -0.2) is 19.7 Å². The number of imidazole rings is 2. The first-order chi connectivity index (χ1) is 18.8. The number of fused-ring (bicyclic) bond motifs is 1. The van der Waals surface area contributed by atoms with Crippen LogP contribution in [0.4, 0.5) is 13.2 Å². The molecule has 0 amide bonds. The molecule has 1 aromatic carbocycles. The van der Waals surface area contributed by atoms with Gasteiger partial charge in [-0.2, -0.15) is 13.2 Å². The monoisotopic (exact) mass is 537 g/mol. The molecule has 0 aliphatic rings. The number of rotatable bonds is 6. The third-order valence-electron chi connectivity index (χ3n) is 6.48. The molecule has 0 saturated heterocycles. The Morgan fingerprint density at radius 1 is 1.00 bits per heavy atom. The van der Waals surface area contributed by atoms with Crippen LogP contribution in [0.25, 0.3) is 33.9 Å². The van der Waals surface area contributed by atoms with Crippen molar-refractivity contribution in [3.8, 4) is 22.8 Å². The SMILES string of the molecule is [B]C([B])([B])n1cc(C(F)(F)F)nc1-c1ccc(Cn2c(=O)n(C)c3cnc(-c4cccnc4C(C)C)nc32)cc1. The molecule has 5 aromatic rings. The second kappa shape index (κ2) is 9.83. The molecule has 0 bridgehead atoms. The van der Waals surface area contributed by atoms with Gasteiger partial charge in [0, 0.05) is 30.6 Å². The minimum atomic E-state index is -4.72. The molecule has 4 heterocycles. The van der Waals surface area contributed by atoms with E-state index in [0.717, 1.165) is 15.8 Å². The maximum absolute atomic E-state index is 13.3. The number of pyridine rings is 1. The van der Waals surface area contributed by atoms with Gasteiger partial charge < -0.3 is 4.57 Å². The lowest BCUT2D eigenvalue weighted by molar-refractivity contribution is -0.140. The van der Waals surface area contributed by atoms with E-state index in [4.69, 9.17) is 28.5 Å². The topological polar surface area (TPSA) is 83.4 Å².